The zero-order valence-electron chi connectivity index (χ0n) is 11.3. The summed E-state index contributed by atoms with van der Waals surface area (Å²) in [6.07, 6.45) is 7.95. The van der Waals surface area contributed by atoms with Crippen molar-refractivity contribution in [3.8, 4) is 0 Å². The molecule has 0 atom stereocenters. The van der Waals surface area contributed by atoms with E-state index in [9.17, 15) is 4.79 Å². The Morgan fingerprint density at radius 1 is 1.45 bits per heavy atom. The minimum absolute atomic E-state index is 0.103. The summed E-state index contributed by atoms with van der Waals surface area (Å²) in [7, 11) is 0. The van der Waals surface area contributed by atoms with Crippen molar-refractivity contribution in [2.24, 2.45) is 5.92 Å². The van der Waals surface area contributed by atoms with Gasteiger partial charge in [-0.25, -0.2) is 9.97 Å². The summed E-state index contributed by atoms with van der Waals surface area (Å²) in [6, 6.07) is 1.87. The molecule has 1 aliphatic rings. The Hall–Kier alpha value is -1.95. The van der Waals surface area contributed by atoms with Crippen LogP contribution >= 0.6 is 0 Å². The van der Waals surface area contributed by atoms with Crippen LogP contribution in [0.25, 0.3) is 5.78 Å². The maximum atomic E-state index is 12.0. The maximum Gasteiger partial charge on any atom is 0.233 e. The molecule has 0 unspecified atom stereocenters. The molecular formula is C14H18N4O2. The third-order valence-corrected chi connectivity index (χ3v) is 3.56. The van der Waals surface area contributed by atoms with Gasteiger partial charge in [0.15, 0.2) is 0 Å². The number of nitrogens with one attached hydrogen (secondary N) is 1. The number of ether oxygens (including phenoxy) is 1. The highest BCUT2D eigenvalue weighted by Gasteiger charge is 2.20. The molecule has 6 nitrogen and oxygen atoms in total. The van der Waals surface area contributed by atoms with Crippen molar-refractivity contribution in [1.29, 1.82) is 0 Å². The molecule has 6 heteroatoms. The van der Waals surface area contributed by atoms with Gasteiger partial charge in [-0.3, -0.25) is 9.20 Å². The number of fused-ring (bicyclic) bond motifs is 1. The average Bonchev–Trinajstić information content (AvgIpc) is 2.90. The summed E-state index contributed by atoms with van der Waals surface area (Å²) in [5.74, 6) is 0.930. The molecule has 0 bridgehead atoms. The monoisotopic (exact) mass is 274 g/mol. The van der Waals surface area contributed by atoms with Crippen molar-refractivity contribution in [2.75, 3.05) is 19.8 Å². The third-order valence-electron chi connectivity index (χ3n) is 3.56. The Balaban J connectivity index is 1.50. The molecule has 106 valence electrons. The van der Waals surface area contributed by atoms with Crippen LogP contribution in [0.4, 0.5) is 0 Å². The van der Waals surface area contributed by atoms with Gasteiger partial charge in [-0.2, -0.15) is 0 Å². The number of nitrogens with zero attached hydrogens (tertiary/aromatic N) is 3. The molecule has 1 N–H and O–H groups in total. The SMILES string of the molecule is O=C(NCCc1cn2cccnc2n1)C1CCOCC1. The van der Waals surface area contributed by atoms with Crippen molar-refractivity contribution in [1.82, 2.24) is 19.7 Å². The van der Waals surface area contributed by atoms with Crippen molar-refractivity contribution in [3.63, 3.8) is 0 Å². The third kappa shape index (κ3) is 2.96. The van der Waals surface area contributed by atoms with Crippen molar-refractivity contribution < 1.29 is 9.53 Å². The summed E-state index contributed by atoms with van der Waals surface area (Å²) in [5.41, 5.74) is 0.941. The Morgan fingerprint density at radius 2 is 2.30 bits per heavy atom. The van der Waals surface area contributed by atoms with Gasteiger partial charge in [0.2, 0.25) is 11.7 Å². The first-order valence-corrected chi connectivity index (χ1v) is 6.97. The molecule has 0 radical (unpaired) electrons. The largest absolute Gasteiger partial charge is 0.381 e. The fraction of sp³-hybridized carbons (Fsp3) is 0.500. The molecule has 1 fully saturated rings. The lowest BCUT2D eigenvalue weighted by molar-refractivity contribution is -0.127. The molecule has 2 aromatic heterocycles. The second-order valence-corrected chi connectivity index (χ2v) is 4.99. The van der Waals surface area contributed by atoms with E-state index < -0.39 is 0 Å². The van der Waals surface area contributed by atoms with Crippen LogP contribution in [0.5, 0.6) is 0 Å². The average molecular weight is 274 g/mol. The first kappa shape index (κ1) is 13.1. The van der Waals surface area contributed by atoms with Crippen LogP contribution in [-0.4, -0.2) is 40.0 Å². The minimum Gasteiger partial charge on any atom is -0.381 e. The van der Waals surface area contributed by atoms with E-state index in [4.69, 9.17) is 4.74 Å². The highest BCUT2D eigenvalue weighted by atomic mass is 16.5. The van der Waals surface area contributed by atoms with Crippen molar-refractivity contribution >= 4 is 11.7 Å². The molecule has 0 spiro atoms. The van der Waals surface area contributed by atoms with Gasteiger partial charge in [-0.15, -0.1) is 0 Å². The molecule has 2 aromatic rings. The van der Waals surface area contributed by atoms with E-state index in [1.54, 1.807) is 6.20 Å². The molecular weight excluding hydrogens is 256 g/mol. The predicted molar refractivity (Wildman–Crippen MR) is 73.2 cm³/mol. The quantitative estimate of drug-likeness (QED) is 0.896. The Labute approximate surface area is 117 Å². The zero-order chi connectivity index (χ0) is 13.8. The Bertz CT molecular complexity index is 557. The van der Waals surface area contributed by atoms with Gasteiger partial charge in [0.1, 0.15) is 0 Å². The highest BCUT2D eigenvalue weighted by molar-refractivity contribution is 5.78. The number of carbonyl (C=O) groups is 1. The second-order valence-electron chi connectivity index (χ2n) is 4.99. The maximum absolute atomic E-state index is 12.0. The van der Waals surface area contributed by atoms with Gasteiger partial charge in [-0.1, -0.05) is 0 Å². The fourth-order valence-corrected chi connectivity index (χ4v) is 2.42. The van der Waals surface area contributed by atoms with E-state index in [0.29, 0.717) is 25.5 Å². The van der Waals surface area contributed by atoms with Crippen LogP contribution in [0, 0.1) is 5.92 Å². The van der Waals surface area contributed by atoms with E-state index in [0.717, 1.165) is 25.0 Å². The predicted octanol–water partition coefficient (Wildman–Crippen LogP) is 0.815. The van der Waals surface area contributed by atoms with Crippen LogP contribution < -0.4 is 5.32 Å². The highest BCUT2D eigenvalue weighted by Crippen LogP contribution is 2.14. The van der Waals surface area contributed by atoms with Crippen LogP contribution in [-0.2, 0) is 16.0 Å². The van der Waals surface area contributed by atoms with Crippen molar-refractivity contribution in [2.45, 2.75) is 19.3 Å². The molecule has 20 heavy (non-hydrogen) atoms. The second kappa shape index (κ2) is 6.00. The van der Waals surface area contributed by atoms with Gasteiger partial charge >= 0.3 is 0 Å². The molecule has 1 aliphatic heterocycles. The van der Waals surface area contributed by atoms with Gasteiger partial charge in [0.05, 0.1) is 5.69 Å². The Morgan fingerprint density at radius 3 is 3.10 bits per heavy atom. The lowest BCUT2D eigenvalue weighted by Crippen LogP contribution is -2.35. The van der Waals surface area contributed by atoms with Crippen LogP contribution in [0.3, 0.4) is 0 Å². The van der Waals surface area contributed by atoms with Gasteiger partial charge < -0.3 is 10.1 Å². The number of imidazole rings is 1. The summed E-state index contributed by atoms with van der Waals surface area (Å²) >= 11 is 0. The van der Waals surface area contributed by atoms with Gasteiger partial charge in [0.25, 0.3) is 0 Å². The van der Waals surface area contributed by atoms with E-state index in [-0.39, 0.29) is 11.8 Å². The van der Waals surface area contributed by atoms with E-state index in [2.05, 4.69) is 15.3 Å². The van der Waals surface area contributed by atoms with E-state index in [1.165, 1.54) is 0 Å². The number of hydrogen-bond acceptors (Lipinski definition) is 4. The fourth-order valence-electron chi connectivity index (χ4n) is 2.42. The number of rotatable bonds is 4. The molecule has 3 rings (SSSR count). The van der Waals surface area contributed by atoms with Gasteiger partial charge in [-0.05, 0) is 18.9 Å². The molecule has 1 saturated heterocycles. The van der Waals surface area contributed by atoms with Crippen LogP contribution in [0.2, 0.25) is 0 Å². The van der Waals surface area contributed by atoms with Crippen LogP contribution in [0.15, 0.2) is 24.7 Å². The summed E-state index contributed by atoms with van der Waals surface area (Å²) in [5, 5.41) is 2.98. The number of hydrogen-bond donors (Lipinski definition) is 1. The molecule has 0 aliphatic carbocycles. The zero-order valence-corrected chi connectivity index (χ0v) is 11.3. The normalized spacial score (nSPS) is 16.4. The topological polar surface area (TPSA) is 68.5 Å². The molecule has 0 aromatic carbocycles. The number of aromatic nitrogens is 3. The first-order chi connectivity index (χ1) is 9.83. The van der Waals surface area contributed by atoms with Crippen LogP contribution in [0.1, 0.15) is 18.5 Å². The smallest absolute Gasteiger partial charge is 0.233 e. The first-order valence-electron chi connectivity index (χ1n) is 6.97. The summed E-state index contributed by atoms with van der Waals surface area (Å²) in [4.78, 5) is 20.5. The summed E-state index contributed by atoms with van der Waals surface area (Å²) in [6.45, 7) is 1.99. The van der Waals surface area contributed by atoms with E-state index in [1.807, 2.05) is 22.9 Å². The lowest BCUT2D eigenvalue weighted by atomic mass is 9.99. The number of carbonyl (C=O) groups excluding carboxylic acids is 1. The molecule has 1 amide bonds. The van der Waals surface area contributed by atoms with Crippen molar-refractivity contribution in [3.05, 3.63) is 30.4 Å². The number of amides is 1. The molecule has 3 heterocycles. The standard InChI is InChI=1S/C14H18N4O2/c19-13(11-3-8-20-9-4-11)15-6-2-12-10-18-7-1-5-16-14(18)17-12/h1,5,7,10-11H,2-4,6,8-9H2,(H,15,19). The lowest BCUT2D eigenvalue weighted by Gasteiger charge is -2.21. The Kier molecular flexibility index (Phi) is 3.92. The minimum atomic E-state index is 0.103. The molecule has 0 saturated carbocycles. The van der Waals surface area contributed by atoms with E-state index >= 15 is 0 Å². The summed E-state index contributed by atoms with van der Waals surface area (Å²) < 4.78 is 7.14. The van der Waals surface area contributed by atoms with Gasteiger partial charge in [0, 0.05) is 50.7 Å².